The van der Waals surface area contributed by atoms with E-state index >= 15 is 0 Å². The van der Waals surface area contributed by atoms with E-state index in [1.807, 2.05) is 6.08 Å². The molecule has 0 heterocycles. The summed E-state index contributed by atoms with van der Waals surface area (Å²) in [4.78, 5) is 0. The third-order valence-electron chi connectivity index (χ3n) is 2.03. The van der Waals surface area contributed by atoms with Crippen molar-refractivity contribution >= 4 is 0 Å². The molecule has 13 heavy (non-hydrogen) atoms. The van der Waals surface area contributed by atoms with Crippen molar-refractivity contribution in [2.24, 2.45) is 0 Å². The molecule has 0 aromatic rings. The molecule has 0 aliphatic rings. The maximum Gasteiger partial charge on any atom is 0.0278 e. The van der Waals surface area contributed by atoms with Crippen molar-refractivity contribution in [2.75, 3.05) is 13.1 Å². The van der Waals surface area contributed by atoms with E-state index in [9.17, 15) is 0 Å². The minimum Gasteiger partial charge on any atom is -0.258 e. The lowest BCUT2D eigenvalue weighted by atomic mass is 10.1. The predicted octanol–water partition coefficient (Wildman–Crippen LogP) is 2.63. The van der Waals surface area contributed by atoms with Crippen molar-refractivity contribution < 1.29 is 0 Å². The molecule has 0 aromatic carbocycles. The molecule has 0 rings (SSSR count). The van der Waals surface area contributed by atoms with Gasteiger partial charge in [-0.15, -0.1) is 6.58 Å². The summed E-state index contributed by atoms with van der Waals surface area (Å²) in [7, 11) is 0. The van der Waals surface area contributed by atoms with Gasteiger partial charge in [0.15, 0.2) is 0 Å². The second-order valence-electron chi connectivity index (χ2n) is 3.36. The Hall–Kier alpha value is -0.340. The molecule has 0 saturated carbocycles. The summed E-state index contributed by atoms with van der Waals surface area (Å²) in [5, 5.41) is 0. The van der Waals surface area contributed by atoms with Gasteiger partial charge in [0.1, 0.15) is 0 Å². The Morgan fingerprint density at radius 3 is 2.38 bits per heavy atom. The monoisotopic (exact) mass is 184 g/mol. The summed E-state index contributed by atoms with van der Waals surface area (Å²) in [6.45, 7) is 7.79. The van der Waals surface area contributed by atoms with Crippen LogP contribution in [0.4, 0.5) is 0 Å². The first-order valence-corrected chi connectivity index (χ1v) is 5.48. The maximum atomic E-state index is 3.63. The Labute approximate surface area is 82.8 Å². The molecule has 0 radical (unpaired) electrons. The highest BCUT2D eigenvalue weighted by Gasteiger charge is 1.88. The standard InChI is InChI=1S/C11H24N2/c1-3-5-6-7-8-9-11-13-12-10-4-2/h4,12-13H,2-3,5-11H2,1H3. The van der Waals surface area contributed by atoms with E-state index in [1.54, 1.807) is 0 Å². The first kappa shape index (κ1) is 12.7. The van der Waals surface area contributed by atoms with Crippen molar-refractivity contribution in [3.8, 4) is 0 Å². The van der Waals surface area contributed by atoms with E-state index in [2.05, 4.69) is 24.4 Å². The molecule has 78 valence electrons. The molecule has 0 spiro atoms. The molecule has 0 atom stereocenters. The maximum absolute atomic E-state index is 3.63. The lowest BCUT2D eigenvalue weighted by Crippen LogP contribution is -2.32. The minimum atomic E-state index is 0.843. The minimum absolute atomic E-state index is 0.843. The van der Waals surface area contributed by atoms with Crippen LogP contribution in [0.3, 0.4) is 0 Å². The lowest BCUT2D eigenvalue weighted by Gasteiger charge is -2.04. The normalized spacial score (nSPS) is 10.2. The molecule has 0 aliphatic heterocycles. The predicted molar refractivity (Wildman–Crippen MR) is 59.6 cm³/mol. The highest BCUT2D eigenvalue weighted by molar-refractivity contribution is 4.67. The molecule has 0 unspecified atom stereocenters. The first-order valence-electron chi connectivity index (χ1n) is 5.48. The van der Waals surface area contributed by atoms with E-state index in [1.165, 1.54) is 38.5 Å². The smallest absolute Gasteiger partial charge is 0.0278 e. The Morgan fingerprint density at radius 2 is 1.69 bits per heavy atom. The largest absolute Gasteiger partial charge is 0.258 e. The van der Waals surface area contributed by atoms with Gasteiger partial charge in [0.2, 0.25) is 0 Å². The molecule has 0 bridgehead atoms. The average molecular weight is 184 g/mol. The number of nitrogens with one attached hydrogen (secondary N) is 2. The Balaban J connectivity index is 2.79. The molecule has 0 aromatic heterocycles. The van der Waals surface area contributed by atoms with Crippen LogP contribution >= 0.6 is 0 Å². The van der Waals surface area contributed by atoms with Crippen molar-refractivity contribution in [2.45, 2.75) is 45.4 Å². The third-order valence-corrected chi connectivity index (χ3v) is 2.03. The van der Waals surface area contributed by atoms with Gasteiger partial charge in [0, 0.05) is 13.1 Å². The fraction of sp³-hybridized carbons (Fsp3) is 0.818. The van der Waals surface area contributed by atoms with E-state index < -0.39 is 0 Å². The van der Waals surface area contributed by atoms with Gasteiger partial charge in [0.05, 0.1) is 0 Å². The number of rotatable bonds is 10. The molecule has 0 amide bonds. The van der Waals surface area contributed by atoms with Crippen molar-refractivity contribution in [3.63, 3.8) is 0 Å². The number of unbranched alkanes of at least 4 members (excludes halogenated alkanes) is 5. The van der Waals surface area contributed by atoms with Crippen LogP contribution in [0.5, 0.6) is 0 Å². The van der Waals surface area contributed by atoms with Gasteiger partial charge in [-0.3, -0.25) is 10.9 Å². The second kappa shape index (κ2) is 11.7. The molecular formula is C11H24N2. The van der Waals surface area contributed by atoms with Gasteiger partial charge < -0.3 is 0 Å². The fourth-order valence-corrected chi connectivity index (χ4v) is 1.23. The first-order chi connectivity index (χ1) is 6.41. The van der Waals surface area contributed by atoms with Gasteiger partial charge in [-0.2, -0.15) is 0 Å². The zero-order valence-corrected chi connectivity index (χ0v) is 8.94. The highest BCUT2D eigenvalue weighted by Crippen LogP contribution is 2.03. The summed E-state index contributed by atoms with van der Waals surface area (Å²) >= 11 is 0. The Bertz CT molecular complexity index is 102. The zero-order valence-electron chi connectivity index (χ0n) is 8.94. The SMILES string of the molecule is C=CCNNCCCCCCCC. The van der Waals surface area contributed by atoms with Crippen LogP contribution in [0.2, 0.25) is 0 Å². The van der Waals surface area contributed by atoms with Crippen LogP contribution in [0.15, 0.2) is 12.7 Å². The number of hydrazine groups is 1. The molecular weight excluding hydrogens is 160 g/mol. The van der Waals surface area contributed by atoms with Gasteiger partial charge in [0.25, 0.3) is 0 Å². The van der Waals surface area contributed by atoms with Crippen LogP contribution < -0.4 is 10.9 Å². The van der Waals surface area contributed by atoms with Crippen LogP contribution in [0.25, 0.3) is 0 Å². The van der Waals surface area contributed by atoms with Gasteiger partial charge in [-0.05, 0) is 6.42 Å². The Kier molecular flexibility index (Phi) is 11.4. The lowest BCUT2D eigenvalue weighted by molar-refractivity contribution is 0.521. The van der Waals surface area contributed by atoms with E-state index in [0.717, 1.165) is 13.1 Å². The summed E-state index contributed by atoms with van der Waals surface area (Å²) in [6.07, 6.45) is 9.99. The fourth-order valence-electron chi connectivity index (χ4n) is 1.23. The molecule has 0 fully saturated rings. The Morgan fingerprint density at radius 1 is 1.00 bits per heavy atom. The third kappa shape index (κ3) is 11.7. The molecule has 0 aliphatic carbocycles. The highest BCUT2D eigenvalue weighted by atomic mass is 15.3. The van der Waals surface area contributed by atoms with Crippen molar-refractivity contribution in [3.05, 3.63) is 12.7 Å². The topological polar surface area (TPSA) is 24.1 Å². The molecule has 2 heteroatoms. The molecule has 2 nitrogen and oxygen atoms in total. The average Bonchev–Trinajstić information content (AvgIpc) is 2.16. The zero-order chi connectivity index (χ0) is 9.78. The van der Waals surface area contributed by atoms with Crippen LogP contribution in [0.1, 0.15) is 45.4 Å². The number of hydrogen-bond acceptors (Lipinski definition) is 2. The quantitative estimate of drug-likeness (QED) is 0.310. The van der Waals surface area contributed by atoms with E-state index in [-0.39, 0.29) is 0 Å². The summed E-state index contributed by atoms with van der Waals surface area (Å²) in [5.74, 6) is 0. The molecule has 0 saturated heterocycles. The van der Waals surface area contributed by atoms with Crippen molar-refractivity contribution in [1.29, 1.82) is 0 Å². The van der Waals surface area contributed by atoms with Crippen molar-refractivity contribution in [1.82, 2.24) is 10.9 Å². The van der Waals surface area contributed by atoms with E-state index in [0.29, 0.717) is 0 Å². The molecule has 2 N–H and O–H groups in total. The van der Waals surface area contributed by atoms with E-state index in [4.69, 9.17) is 0 Å². The number of hydrogen-bond donors (Lipinski definition) is 2. The van der Waals surface area contributed by atoms with Crippen LogP contribution in [0, 0.1) is 0 Å². The van der Waals surface area contributed by atoms with Gasteiger partial charge >= 0.3 is 0 Å². The van der Waals surface area contributed by atoms with Gasteiger partial charge in [-0.1, -0.05) is 45.1 Å². The van der Waals surface area contributed by atoms with Crippen LogP contribution in [-0.2, 0) is 0 Å². The van der Waals surface area contributed by atoms with Gasteiger partial charge in [-0.25, -0.2) is 0 Å². The van der Waals surface area contributed by atoms with Crippen LogP contribution in [-0.4, -0.2) is 13.1 Å². The summed E-state index contributed by atoms with van der Waals surface area (Å²) < 4.78 is 0. The second-order valence-corrected chi connectivity index (χ2v) is 3.36. The summed E-state index contributed by atoms with van der Waals surface area (Å²) in [6, 6.07) is 0. The summed E-state index contributed by atoms with van der Waals surface area (Å²) in [5.41, 5.74) is 6.23.